The van der Waals surface area contributed by atoms with Gasteiger partial charge in [0.15, 0.2) is 0 Å². The lowest BCUT2D eigenvalue weighted by molar-refractivity contribution is 0.0794. The molecule has 0 aliphatic heterocycles. The maximum atomic E-state index is 12.2. The van der Waals surface area contributed by atoms with Gasteiger partial charge in [-0.15, -0.1) is 11.3 Å². The van der Waals surface area contributed by atoms with Crippen LogP contribution in [-0.4, -0.2) is 30.4 Å². The van der Waals surface area contributed by atoms with Gasteiger partial charge in [0.2, 0.25) is 0 Å². The molecule has 1 aromatic heterocycles. The van der Waals surface area contributed by atoms with Crippen molar-refractivity contribution in [2.75, 3.05) is 13.6 Å². The van der Waals surface area contributed by atoms with E-state index in [1.165, 1.54) is 4.88 Å². The Hall–Kier alpha value is -0.870. The van der Waals surface area contributed by atoms with E-state index in [1.54, 1.807) is 16.2 Å². The van der Waals surface area contributed by atoms with E-state index in [9.17, 15) is 4.79 Å². The summed E-state index contributed by atoms with van der Waals surface area (Å²) in [4.78, 5) is 16.0. The maximum absolute atomic E-state index is 12.2. The molecule has 1 amide bonds. The minimum Gasteiger partial charge on any atom is -0.341 e. The van der Waals surface area contributed by atoms with E-state index in [4.69, 9.17) is 5.73 Å². The second kappa shape index (κ2) is 6.90. The molecule has 3 nitrogen and oxygen atoms in total. The molecule has 102 valence electrons. The second-order valence-corrected chi connectivity index (χ2v) is 6.21. The molecule has 0 fully saturated rings. The van der Waals surface area contributed by atoms with Crippen LogP contribution in [0.15, 0.2) is 12.1 Å². The summed E-state index contributed by atoms with van der Waals surface area (Å²) >= 11 is 1.59. The number of nitrogens with zero attached hydrogens (tertiary/aromatic N) is 1. The quantitative estimate of drug-likeness (QED) is 0.862. The highest BCUT2D eigenvalue weighted by Gasteiger charge is 2.15. The van der Waals surface area contributed by atoms with Gasteiger partial charge in [0, 0.05) is 24.5 Å². The zero-order valence-electron chi connectivity index (χ0n) is 11.8. The van der Waals surface area contributed by atoms with Gasteiger partial charge >= 0.3 is 0 Å². The molecule has 0 radical (unpaired) electrons. The van der Waals surface area contributed by atoms with Crippen molar-refractivity contribution in [1.29, 1.82) is 0 Å². The van der Waals surface area contributed by atoms with Crippen LogP contribution in [0.2, 0.25) is 0 Å². The van der Waals surface area contributed by atoms with Crippen molar-refractivity contribution in [3.8, 4) is 0 Å². The molecule has 2 N–H and O–H groups in total. The summed E-state index contributed by atoms with van der Waals surface area (Å²) < 4.78 is 0. The smallest absolute Gasteiger partial charge is 0.263 e. The van der Waals surface area contributed by atoms with Crippen LogP contribution in [0.5, 0.6) is 0 Å². The van der Waals surface area contributed by atoms with Crippen molar-refractivity contribution in [3.63, 3.8) is 0 Å². The number of nitrogens with two attached hydrogens (primary N) is 1. The van der Waals surface area contributed by atoms with Crippen molar-refractivity contribution >= 4 is 17.2 Å². The van der Waals surface area contributed by atoms with Gasteiger partial charge in [-0.05, 0) is 30.9 Å². The van der Waals surface area contributed by atoms with Crippen molar-refractivity contribution in [3.05, 3.63) is 21.9 Å². The maximum Gasteiger partial charge on any atom is 0.263 e. The van der Waals surface area contributed by atoms with Gasteiger partial charge < -0.3 is 10.6 Å². The largest absolute Gasteiger partial charge is 0.341 e. The molecule has 1 unspecified atom stereocenters. The topological polar surface area (TPSA) is 46.3 Å². The molecule has 0 saturated heterocycles. The van der Waals surface area contributed by atoms with Crippen LogP contribution in [0.25, 0.3) is 0 Å². The van der Waals surface area contributed by atoms with Crippen molar-refractivity contribution in [2.45, 2.75) is 39.7 Å². The number of thiophene rings is 1. The molecule has 0 aliphatic carbocycles. The third kappa shape index (κ3) is 4.10. The monoisotopic (exact) mass is 268 g/mol. The van der Waals surface area contributed by atoms with E-state index in [0.29, 0.717) is 5.92 Å². The third-order valence-corrected chi connectivity index (χ3v) is 4.44. The van der Waals surface area contributed by atoms with E-state index in [1.807, 2.05) is 19.2 Å². The Morgan fingerprint density at radius 1 is 1.44 bits per heavy atom. The molecule has 18 heavy (non-hydrogen) atoms. The summed E-state index contributed by atoms with van der Waals surface area (Å²) in [5.41, 5.74) is 5.99. The Morgan fingerprint density at radius 3 is 2.61 bits per heavy atom. The minimum atomic E-state index is 0.107. The molecular weight excluding hydrogens is 244 g/mol. The van der Waals surface area contributed by atoms with Gasteiger partial charge in [0.1, 0.15) is 0 Å². The predicted octanol–water partition coefficient (Wildman–Crippen LogP) is 2.76. The van der Waals surface area contributed by atoms with Crippen LogP contribution >= 0.6 is 11.3 Å². The third-order valence-electron chi connectivity index (χ3n) is 3.22. The highest BCUT2D eigenvalue weighted by Crippen LogP contribution is 2.18. The Balaban J connectivity index is 2.51. The first-order valence-electron chi connectivity index (χ1n) is 6.55. The SMILES string of the molecule is CCc1ccc(C(=O)N(C)CCC(N)C(C)C)s1. The van der Waals surface area contributed by atoms with Crippen molar-refractivity contribution in [1.82, 2.24) is 4.90 Å². The van der Waals surface area contributed by atoms with Gasteiger partial charge in [-0.25, -0.2) is 0 Å². The lowest BCUT2D eigenvalue weighted by Crippen LogP contribution is -2.34. The molecule has 0 spiro atoms. The average Bonchev–Trinajstić information content (AvgIpc) is 2.82. The van der Waals surface area contributed by atoms with Crippen LogP contribution in [0.4, 0.5) is 0 Å². The number of amides is 1. The summed E-state index contributed by atoms with van der Waals surface area (Å²) in [6, 6.07) is 4.12. The molecule has 1 aromatic rings. The first-order chi connectivity index (χ1) is 8.45. The summed E-state index contributed by atoms with van der Waals surface area (Å²) in [6.07, 6.45) is 1.84. The highest BCUT2D eigenvalue weighted by atomic mass is 32.1. The molecule has 1 rings (SSSR count). The lowest BCUT2D eigenvalue weighted by Gasteiger charge is -2.21. The van der Waals surface area contributed by atoms with Crippen LogP contribution < -0.4 is 5.73 Å². The molecule has 0 aliphatic rings. The molecule has 1 heterocycles. The zero-order chi connectivity index (χ0) is 13.7. The van der Waals surface area contributed by atoms with Crippen molar-refractivity contribution in [2.24, 2.45) is 11.7 Å². The standard InChI is InChI=1S/C14H24N2OS/c1-5-11-6-7-13(18-11)14(17)16(4)9-8-12(15)10(2)3/h6-7,10,12H,5,8-9,15H2,1-4H3. The molecular formula is C14H24N2OS. The van der Waals surface area contributed by atoms with E-state index >= 15 is 0 Å². The first kappa shape index (κ1) is 15.2. The zero-order valence-corrected chi connectivity index (χ0v) is 12.6. The summed E-state index contributed by atoms with van der Waals surface area (Å²) in [7, 11) is 1.85. The van der Waals surface area contributed by atoms with Crippen LogP contribution in [0.3, 0.4) is 0 Å². The van der Waals surface area contributed by atoms with Crippen LogP contribution in [-0.2, 0) is 6.42 Å². The number of carbonyl (C=O) groups is 1. The molecule has 0 aromatic carbocycles. The number of hydrogen-bond donors (Lipinski definition) is 1. The fourth-order valence-electron chi connectivity index (χ4n) is 1.65. The van der Waals surface area contributed by atoms with Gasteiger partial charge in [0.25, 0.3) is 5.91 Å². The van der Waals surface area contributed by atoms with Crippen LogP contribution in [0, 0.1) is 5.92 Å². The van der Waals surface area contributed by atoms with Gasteiger partial charge in [-0.3, -0.25) is 4.79 Å². The summed E-state index contributed by atoms with van der Waals surface area (Å²) in [5.74, 6) is 0.567. The highest BCUT2D eigenvalue weighted by molar-refractivity contribution is 7.14. The summed E-state index contributed by atoms with van der Waals surface area (Å²) in [6.45, 7) is 7.04. The Kier molecular flexibility index (Phi) is 5.82. The van der Waals surface area contributed by atoms with E-state index in [2.05, 4.69) is 20.8 Å². The van der Waals surface area contributed by atoms with E-state index < -0.39 is 0 Å². The Morgan fingerprint density at radius 2 is 2.11 bits per heavy atom. The molecule has 4 heteroatoms. The number of rotatable bonds is 6. The Bertz CT molecular complexity index is 387. The van der Waals surface area contributed by atoms with Gasteiger partial charge in [-0.2, -0.15) is 0 Å². The van der Waals surface area contributed by atoms with Gasteiger partial charge in [-0.1, -0.05) is 20.8 Å². The number of hydrogen-bond acceptors (Lipinski definition) is 3. The molecule has 0 bridgehead atoms. The van der Waals surface area contributed by atoms with E-state index in [0.717, 1.165) is 24.3 Å². The van der Waals surface area contributed by atoms with Crippen molar-refractivity contribution < 1.29 is 4.79 Å². The number of carbonyl (C=O) groups excluding carboxylic acids is 1. The molecule has 0 saturated carbocycles. The second-order valence-electron chi connectivity index (χ2n) is 5.04. The first-order valence-corrected chi connectivity index (χ1v) is 7.37. The lowest BCUT2D eigenvalue weighted by atomic mass is 10.0. The molecule has 1 atom stereocenters. The Labute approximate surface area is 114 Å². The predicted molar refractivity (Wildman–Crippen MR) is 78.1 cm³/mol. The van der Waals surface area contributed by atoms with E-state index in [-0.39, 0.29) is 11.9 Å². The fraction of sp³-hybridized carbons (Fsp3) is 0.643. The summed E-state index contributed by atoms with van der Waals surface area (Å²) in [5, 5.41) is 0. The average molecular weight is 268 g/mol. The fourth-order valence-corrected chi connectivity index (χ4v) is 2.59. The van der Waals surface area contributed by atoms with Crippen LogP contribution in [0.1, 0.15) is 41.7 Å². The minimum absolute atomic E-state index is 0.107. The normalized spacial score (nSPS) is 12.8. The van der Waals surface area contributed by atoms with Gasteiger partial charge in [0.05, 0.1) is 4.88 Å². The number of aryl methyl sites for hydroxylation is 1.